The molecule has 3 N–H and O–H groups in total. The zero-order valence-electron chi connectivity index (χ0n) is 9.62. The van der Waals surface area contributed by atoms with Crippen LogP contribution in [0.15, 0.2) is 0 Å². The summed E-state index contributed by atoms with van der Waals surface area (Å²) in [5.74, 6) is 0.694. The molecular weight excluding hydrogens is 176 g/mol. The highest BCUT2D eigenvalue weighted by atomic mass is 16.5. The van der Waals surface area contributed by atoms with Crippen LogP contribution in [0.25, 0.3) is 0 Å². The molecule has 0 radical (unpaired) electrons. The van der Waals surface area contributed by atoms with Crippen LogP contribution in [0.4, 0.5) is 0 Å². The number of hydrogen-bond acceptors (Lipinski definition) is 3. The molecule has 1 atom stereocenters. The van der Waals surface area contributed by atoms with Crippen molar-refractivity contribution < 1.29 is 4.74 Å². The van der Waals surface area contributed by atoms with E-state index in [4.69, 9.17) is 10.5 Å². The third-order valence-electron chi connectivity index (χ3n) is 2.87. The maximum absolute atomic E-state index is 5.98. The van der Waals surface area contributed by atoms with Crippen LogP contribution >= 0.6 is 0 Å². The van der Waals surface area contributed by atoms with Crippen molar-refractivity contribution in [1.82, 2.24) is 5.32 Å². The van der Waals surface area contributed by atoms with Crippen molar-refractivity contribution in [1.29, 1.82) is 0 Å². The van der Waals surface area contributed by atoms with E-state index < -0.39 is 0 Å². The molecule has 0 bridgehead atoms. The summed E-state index contributed by atoms with van der Waals surface area (Å²) < 4.78 is 5.22. The molecule has 0 aromatic rings. The van der Waals surface area contributed by atoms with E-state index >= 15 is 0 Å². The summed E-state index contributed by atoms with van der Waals surface area (Å²) in [5.41, 5.74) is 5.98. The van der Waals surface area contributed by atoms with Crippen LogP contribution in [-0.2, 0) is 4.74 Å². The summed E-state index contributed by atoms with van der Waals surface area (Å²) in [6.45, 7) is 5.37. The average Bonchev–Trinajstić information content (AvgIpc) is 2.00. The maximum atomic E-state index is 5.98. The molecule has 0 saturated heterocycles. The number of ether oxygens (including phenoxy) is 1. The molecule has 1 saturated carbocycles. The molecule has 1 aliphatic rings. The van der Waals surface area contributed by atoms with Crippen LogP contribution in [0, 0.1) is 5.92 Å². The first-order valence-corrected chi connectivity index (χ1v) is 5.63. The van der Waals surface area contributed by atoms with Gasteiger partial charge in [-0.3, -0.25) is 0 Å². The SMILES string of the molecule is COC1CC(NCC(N)CC(C)C)C1. The number of hydrogen-bond donors (Lipinski definition) is 2. The first-order valence-electron chi connectivity index (χ1n) is 5.63. The topological polar surface area (TPSA) is 47.3 Å². The van der Waals surface area contributed by atoms with Gasteiger partial charge in [-0.05, 0) is 25.2 Å². The van der Waals surface area contributed by atoms with Crippen molar-refractivity contribution in [3.05, 3.63) is 0 Å². The molecule has 3 nitrogen and oxygen atoms in total. The van der Waals surface area contributed by atoms with Crippen molar-refractivity contribution in [3.63, 3.8) is 0 Å². The first kappa shape index (κ1) is 12.0. The van der Waals surface area contributed by atoms with Gasteiger partial charge in [0.2, 0.25) is 0 Å². The lowest BCUT2D eigenvalue weighted by Crippen LogP contribution is -2.48. The molecule has 0 aromatic carbocycles. The fraction of sp³-hybridized carbons (Fsp3) is 1.00. The van der Waals surface area contributed by atoms with Crippen LogP contribution in [0.2, 0.25) is 0 Å². The third-order valence-corrected chi connectivity index (χ3v) is 2.87. The number of rotatable bonds is 6. The Balaban J connectivity index is 1.99. The van der Waals surface area contributed by atoms with Gasteiger partial charge in [-0.2, -0.15) is 0 Å². The molecule has 0 spiro atoms. The van der Waals surface area contributed by atoms with Gasteiger partial charge < -0.3 is 15.8 Å². The van der Waals surface area contributed by atoms with Gasteiger partial charge in [0.1, 0.15) is 0 Å². The van der Waals surface area contributed by atoms with Crippen molar-refractivity contribution in [2.45, 2.75) is 51.3 Å². The zero-order chi connectivity index (χ0) is 10.6. The van der Waals surface area contributed by atoms with Crippen molar-refractivity contribution in [2.75, 3.05) is 13.7 Å². The maximum Gasteiger partial charge on any atom is 0.0601 e. The Morgan fingerprint density at radius 1 is 1.43 bits per heavy atom. The minimum atomic E-state index is 0.302. The van der Waals surface area contributed by atoms with Crippen LogP contribution in [0.5, 0.6) is 0 Å². The lowest BCUT2D eigenvalue weighted by molar-refractivity contribution is 0.0171. The van der Waals surface area contributed by atoms with Gasteiger partial charge in [0, 0.05) is 25.7 Å². The highest BCUT2D eigenvalue weighted by Gasteiger charge is 2.28. The third kappa shape index (κ3) is 3.95. The number of nitrogens with two attached hydrogens (primary N) is 1. The monoisotopic (exact) mass is 200 g/mol. The number of nitrogens with one attached hydrogen (secondary N) is 1. The fourth-order valence-corrected chi connectivity index (χ4v) is 1.93. The fourth-order valence-electron chi connectivity index (χ4n) is 1.93. The summed E-state index contributed by atoms with van der Waals surface area (Å²) in [4.78, 5) is 0. The van der Waals surface area contributed by atoms with Crippen LogP contribution in [0.3, 0.4) is 0 Å². The van der Waals surface area contributed by atoms with Crippen molar-refractivity contribution in [3.8, 4) is 0 Å². The molecule has 3 heteroatoms. The van der Waals surface area contributed by atoms with Gasteiger partial charge >= 0.3 is 0 Å². The Labute approximate surface area is 87.4 Å². The summed E-state index contributed by atoms with van der Waals surface area (Å²) in [6, 6.07) is 0.940. The average molecular weight is 200 g/mol. The van der Waals surface area contributed by atoms with E-state index in [1.54, 1.807) is 7.11 Å². The smallest absolute Gasteiger partial charge is 0.0601 e. The molecule has 0 aliphatic heterocycles. The second-order valence-electron chi connectivity index (χ2n) is 4.82. The van der Waals surface area contributed by atoms with Gasteiger partial charge in [-0.25, -0.2) is 0 Å². The minimum Gasteiger partial charge on any atom is -0.381 e. The van der Waals surface area contributed by atoms with E-state index in [0.29, 0.717) is 24.1 Å². The van der Waals surface area contributed by atoms with E-state index in [1.165, 1.54) is 0 Å². The lowest BCUT2D eigenvalue weighted by atomic mass is 9.89. The Morgan fingerprint density at radius 3 is 2.57 bits per heavy atom. The summed E-state index contributed by atoms with van der Waals surface area (Å²) in [6.07, 6.45) is 3.87. The Morgan fingerprint density at radius 2 is 2.07 bits per heavy atom. The van der Waals surface area contributed by atoms with Crippen molar-refractivity contribution >= 4 is 0 Å². The van der Waals surface area contributed by atoms with E-state index in [2.05, 4.69) is 19.2 Å². The molecule has 1 rings (SSSR count). The quantitative estimate of drug-likeness (QED) is 0.675. The van der Waals surface area contributed by atoms with E-state index in [0.717, 1.165) is 25.8 Å². The highest BCUT2D eigenvalue weighted by molar-refractivity contribution is 4.86. The van der Waals surface area contributed by atoms with Crippen LogP contribution in [0.1, 0.15) is 33.1 Å². The molecule has 1 aliphatic carbocycles. The van der Waals surface area contributed by atoms with Gasteiger partial charge in [0.25, 0.3) is 0 Å². The largest absolute Gasteiger partial charge is 0.381 e. The molecule has 1 fully saturated rings. The standard InChI is InChI=1S/C11H24N2O/c1-8(2)4-9(12)7-13-10-5-11(6-10)14-3/h8-11,13H,4-7,12H2,1-3H3. The molecular formula is C11H24N2O. The second kappa shape index (κ2) is 5.69. The second-order valence-corrected chi connectivity index (χ2v) is 4.82. The van der Waals surface area contributed by atoms with E-state index in [9.17, 15) is 0 Å². The molecule has 0 heterocycles. The van der Waals surface area contributed by atoms with Crippen LogP contribution in [-0.4, -0.2) is 31.8 Å². The molecule has 0 aromatic heterocycles. The van der Waals surface area contributed by atoms with Gasteiger partial charge in [-0.1, -0.05) is 13.8 Å². The molecule has 0 amide bonds. The van der Waals surface area contributed by atoms with Crippen LogP contribution < -0.4 is 11.1 Å². The van der Waals surface area contributed by atoms with Gasteiger partial charge in [0.05, 0.1) is 6.10 Å². The Hall–Kier alpha value is -0.120. The summed E-state index contributed by atoms with van der Waals surface area (Å²) in [7, 11) is 1.78. The summed E-state index contributed by atoms with van der Waals surface area (Å²) in [5, 5.41) is 3.48. The zero-order valence-corrected chi connectivity index (χ0v) is 9.62. The van der Waals surface area contributed by atoms with Gasteiger partial charge in [0.15, 0.2) is 0 Å². The van der Waals surface area contributed by atoms with Gasteiger partial charge in [-0.15, -0.1) is 0 Å². The molecule has 14 heavy (non-hydrogen) atoms. The van der Waals surface area contributed by atoms with E-state index in [1.807, 2.05) is 0 Å². The normalized spacial score (nSPS) is 28.9. The Kier molecular flexibility index (Phi) is 4.85. The Bertz CT molecular complexity index is 155. The first-order chi connectivity index (χ1) is 6.61. The highest BCUT2D eigenvalue weighted by Crippen LogP contribution is 2.22. The lowest BCUT2D eigenvalue weighted by Gasteiger charge is -2.35. The predicted molar refractivity (Wildman–Crippen MR) is 59.3 cm³/mol. The predicted octanol–water partition coefficient (Wildman–Crippen LogP) is 1.13. The summed E-state index contributed by atoms with van der Waals surface area (Å²) >= 11 is 0. The van der Waals surface area contributed by atoms with E-state index in [-0.39, 0.29) is 0 Å². The van der Waals surface area contributed by atoms with Crippen molar-refractivity contribution in [2.24, 2.45) is 11.7 Å². The molecule has 1 unspecified atom stereocenters. The number of methoxy groups -OCH3 is 1. The molecule has 84 valence electrons. The minimum absolute atomic E-state index is 0.302.